The number of carbonyl (C=O) groups excluding carboxylic acids is 2. The van der Waals surface area contributed by atoms with Crippen molar-refractivity contribution in [3.05, 3.63) is 60.2 Å². The average molecular weight is 383 g/mol. The van der Waals surface area contributed by atoms with E-state index in [9.17, 15) is 14.4 Å². The van der Waals surface area contributed by atoms with Crippen molar-refractivity contribution in [2.75, 3.05) is 10.6 Å². The van der Waals surface area contributed by atoms with E-state index in [2.05, 4.69) is 16.0 Å². The number of carboxylic acids is 1. The summed E-state index contributed by atoms with van der Waals surface area (Å²) < 4.78 is 0. The van der Waals surface area contributed by atoms with Gasteiger partial charge in [0.05, 0.1) is 6.04 Å². The lowest BCUT2D eigenvalue weighted by molar-refractivity contribution is -0.137. The number of unbranched alkanes of at least 4 members (excludes halogenated alkanes) is 1. The number of hydrogen-bond donors (Lipinski definition) is 4. The summed E-state index contributed by atoms with van der Waals surface area (Å²) in [6, 6.07) is 15.9. The van der Waals surface area contributed by atoms with Crippen molar-refractivity contribution in [1.82, 2.24) is 5.32 Å². The molecule has 3 amide bonds. The van der Waals surface area contributed by atoms with Gasteiger partial charge in [0.15, 0.2) is 0 Å². The Morgan fingerprint density at radius 1 is 0.857 bits per heavy atom. The van der Waals surface area contributed by atoms with Gasteiger partial charge in [-0.15, -0.1) is 0 Å². The number of benzene rings is 2. The first kappa shape index (κ1) is 21.0. The molecule has 2 aromatic carbocycles. The van der Waals surface area contributed by atoms with Crippen LogP contribution in [0.4, 0.5) is 16.2 Å². The third-order valence-electron chi connectivity index (χ3n) is 4.12. The maximum absolute atomic E-state index is 12.0. The molecule has 28 heavy (non-hydrogen) atoms. The molecule has 1 atom stereocenters. The topological polar surface area (TPSA) is 108 Å². The second-order valence-corrected chi connectivity index (χ2v) is 6.46. The number of carbonyl (C=O) groups is 3. The van der Waals surface area contributed by atoms with Crippen LogP contribution in [0.5, 0.6) is 0 Å². The number of anilines is 2. The summed E-state index contributed by atoms with van der Waals surface area (Å²) in [7, 11) is 0. The van der Waals surface area contributed by atoms with Gasteiger partial charge in [-0.05, 0) is 49.6 Å². The number of para-hydroxylation sites is 1. The standard InChI is InChI=1S/C21H25N3O4/c1-15(22-19(25)9-5-6-10-20(26)27)16-11-13-18(14-12-16)24-21(28)23-17-7-3-2-4-8-17/h2-4,7-8,11-15H,5-6,9-10H2,1H3,(H,22,25)(H,26,27)(H2,23,24,28). The lowest BCUT2D eigenvalue weighted by Gasteiger charge is -2.15. The highest BCUT2D eigenvalue weighted by atomic mass is 16.4. The molecular weight excluding hydrogens is 358 g/mol. The quantitative estimate of drug-likeness (QED) is 0.488. The van der Waals surface area contributed by atoms with E-state index in [1.54, 1.807) is 24.3 Å². The van der Waals surface area contributed by atoms with E-state index in [0.29, 0.717) is 30.6 Å². The highest BCUT2D eigenvalue weighted by molar-refractivity contribution is 5.99. The normalized spacial score (nSPS) is 11.3. The molecule has 0 aromatic heterocycles. The summed E-state index contributed by atoms with van der Waals surface area (Å²) in [5.41, 5.74) is 2.26. The molecule has 0 saturated heterocycles. The third kappa shape index (κ3) is 7.49. The second kappa shape index (κ2) is 10.7. The zero-order chi connectivity index (χ0) is 20.4. The zero-order valence-corrected chi connectivity index (χ0v) is 15.8. The van der Waals surface area contributed by atoms with Crippen LogP contribution >= 0.6 is 0 Å². The minimum Gasteiger partial charge on any atom is -0.481 e. The lowest BCUT2D eigenvalue weighted by atomic mass is 10.1. The Balaban J connectivity index is 1.78. The van der Waals surface area contributed by atoms with Crippen LogP contribution in [0.15, 0.2) is 54.6 Å². The minimum absolute atomic E-state index is 0.0785. The van der Waals surface area contributed by atoms with Crippen molar-refractivity contribution in [3.63, 3.8) is 0 Å². The average Bonchev–Trinajstić information content (AvgIpc) is 2.66. The summed E-state index contributed by atoms with van der Waals surface area (Å²) >= 11 is 0. The first-order valence-corrected chi connectivity index (χ1v) is 9.18. The number of amides is 3. The highest BCUT2D eigenvalue weighted by Crippen LogP contribution is 2.17. The van der Waals surface area contributed by atoms with Crippen LogP contribution in [-0.2, 0) is 9.59 Å². The van der Waals surface area contributed by atoms with Gasteiger partial charge in [0, 0.05) is 24.2 Å². The van der Waals surface area contributed by atoms with Crippen LogP contribution in [0.1, 0.15) is 44.2 Å². The van der Waals surface area contributed by atoms with E-state index in [1.807, 2.05) is 37.3 Å². The molecule has 0 fully saturated rings. The molecular formula is C21H25N3O4. The number of urea groups is 1. The number of hydrogen-bond acceptors (Lipinski definition) is 3. The van der Waals surface area contributed by atoms with Crippen molar-refractivity contribution < 1.29 is 19.5 Å². The molecule has 0 aliphatic heterocycles. The molecule has 0 saturated carbocycles. The van der Waals surface area contributed by atoms with Crippen LogP contribution in [-0.4, -0.2) is 23.0 Å². The Morgan fingerprint density at radius 3 is 2.04 bits per heavy atom. The first-order valence-electron chi connectivity index (χ1n) is 9.18. The van der Waals surface area contributed by atoms with E-state index in [-0.39, 0.29) is 24.4 Å². The van der Waals surface area contributed by atoms with Gasteiger partial charge in [0.1, 0.15) is 0 Å². The molecule has 0 heterocycles. The maximum Gasteiger partial charge on any atom is 0.323 e. The van der Waals surface area contributed by atoms with Gasteiger partial charge < -0.3 is 21.1 Å². The van der Waals surface area contributed by atoms with E-state index >= 15 is 0 Å². The maximum atomic E-state index is 12.0. The summed E-state index contributed by atoms with van der Waals surface area (Å²) in [6.45, 7) is 1.87. The Hall–Kier alpha value is -3.35. The molecule has 0 spiro atoms. The predicted octanol–water partition coefficient (Wildman–Crippen LogP) is 4.15. The van der Waals surface area contributed by atoms with Crippen molar-refractivity contribution in [3.8, 4) is 0 Å². The summed E-state index contributed by atoms with van der Waals surface area (Å²) in [4.78, 5) is 34.4. The number of aliphatic carboxylic acids is 1. The van der Waals surface area contributed by atoms with E-state index in [1.165, 1.54) is 0 Å². The molecule has 148 valence electrons. The van der Waals surface area contributed by atoms with E-state index < -0.39 is 5.97 Å². The van der Waals surface area contributed by atoms with Gasteiger partial charge in [-0.1, -0.05) is 30.3 Å². The monoisotopic (exact) mass is 383 g/mol. The number of carboxylic acid groups (broad SMARTS) is 1. The molecule has 0 aliphatic rings. The van der Waals surface area contributed by atoms with Crippen molar-refractivity contribution in [2.24, 2.45) is 0 Å². The molecule has 1 unspecified atom stereocenters. The molecule has 2 aromatic rings. The van der Waals surface area contributed by atoms with Crippen LogP contribution < -0.4 is 16.0 Å². The Morgan fingerprint density at radius 2 is 1.43 bits per heavy atom. The number of nitrogens with one attached hydrogen (secondary N) is 3. The molecule has 0 aliphatic carbocycles. The summed E-state index contributed by atoms with van der Waals surface area (Å²) in [6.07, 6.45) is 1.42. The van der Waals surface area contributed by atoms with Gasteiger partial charge >= 0.3 is 12.0 Å². The smallest absolute Gasteiger partial charge is 0.323 e. The fourth-order valence-corrected chi connectivity index (χ4v) is 2.63. The Bertz CT molecular complexity index is 791. The Kier molecular flexibility index (Phi) is 8.02. The van der Waals surface area contributed by atoms with Gasteiger partial charge in [-0.2, -0.15) is 0 Å². The van der Waals surface area contributed by atoms with Gasteiger partial charge in [-0.25, -0.2) is 4.79 Å². The van der Waals surface area contributed by atoms with Crippen molar-refractivity contribution >= 4 is 29.3 Å². The Labute approximate surface area is 164 Å². The molecule has 0 bridgehead atoms. The zero-order valence-electron chi connectivity index (χ0n) is 15.8. The van der Waals surface area contributed by atoms with Crippen LogP contribution in [0.25, 0.3) is 0 Å². The largest absolute Gasteiger partial charge is 0.481 e. The van der Waals surface area contributed by atoms with Crippen molar-refractivity contribution in [2.45, 2.75) is 38.6 Å². The van der Waals surface area contributed by atoms with E-state index in [4.69, 9.17) is 5.11 Å². The summed E-state index contributed by atoms with van der Waals surface area (Å²) in [5, 5.41) is 17.0. The van der Waals surface area contributed by atoms with E-state index in [0.717, 1.165) is 5.56 Å². The number of rotatable bonds is 9. The van der Waals surface area contributed by atoms with Gasteiger partial charge in [0.25, 0.3) is 0 Å². The highest BCUT2D eigenvalue weighted by Gasteiger charge is 2.10. The summed E-state index contributed by atoms with van der Waals surface area (Å²) in [5.74, 6) is -0.956. The minimum atomic E-state index is -0.847. The van der Waals surface area contributed by atoms with Gasteiger partial charge in [-0.3, -0.25) is 9.59 Å². The van der Waals surface area contributed by atoms with Crippen LogP contribution in [0.2, 0.25) is 0 Å². The van der Waals surface area contributed by atoms with Crippen LogP contribution in [0.3, 0.4) is 0 Å². The lowest BCUT2D eigenvalue weighted by Crippen LogP contribution is -2.26. The second-order valence-electron chi connectivity index (χ2n) is 6.46. The fraction of sp³-hybridized carbons (Fsp3) is 0.286. The predicted molar refractivity (Wildman–Crippen MR) is 108 cm³/mol. The molecule has 0 radical (unpaired) electrons. The molecule has 7 heteroatoms. The molecule has 4 N–H and O–H groups in total. The van der Waals surface area contributed by atoms with Gasteiger partial charge in [0.2, 0.25) is 5.91 Å². The van der Waals surface area contributed by atoms with Crippen molar-refractivity contribution in [1.29, 1.82) is 0 Å². The van der Waals surface area contributed by atoms with Crippen LogP contribution in [0, 0.1) is 0 Å². The molecule has 2 rings (SSSR count). The third-order valence-corrected chi connectivity index (χ3v) is 4.12. The fourth-order valence-electron chi connectivity index (χ4n) is 2.63. The molecule has 7 nitrogen and oxygen atoms in total. The first-order chi connectivity index (χ1) is 13.4. The SMILES string of the molecule is CC(NC(=O)CCCCC(=O)O)c1ccc(NC(=O)Nc2ccccc2)cc1.